The van der Waals surface area contributed by atoms with Gasteiger partial charge in [0.25, 0.3) is 7.82 Å². The molecular weight excluding hydrogens is 587 g/mol. The lowest BCUT2D eigenvalue weighted by atomic mass is 10.0. The van der Waals surface area contributed by atoms with E-state index in [1.165, 1.54) is 70.6 Å². The van der Waals surface area contributed by atoms with E-state index in [1.807, 2.05) is 21.1 Å². The molecule has 0 fully saturated rings. The molecule has 8 nitrogen and oxygen atoms in total. The number of unbranched alkanes of at least 4 members (excludes halogenated alkanes) is 15. The first-order valence-electron chi connectivity index (χ1n) is 18.2. The van der Waals surface area contributed by atoms with Crippen LogP contribution in [0.1, 0.15) is 149 Å². The molecule has 0 aliphatic heterocycles. The van der Waals surface area contributed by atoms with Gasteiger partial charge < -0.3 is 28.8 Å². The second kappa shape index (κ2) is 29.1. The molecule has 0 aromatic rings. The Morgan fingerprint density at radius 1 is 0.778 bits per heavy atom. The molecular formula is C36H71N2O6P. The highest BCUT2D eigenvalue weighted by Crippen LogP contribution is 2.38. The van der Waals surface area contributed by atoms with Gasteiger partial charge in [0, 0.05) is 6.42 Å². The Hall–Kier alpha value is -1.02. The second-order valence-electron chi connectivity index (χ2n) is 13.6. The smallest absolute Gasteiger partial charge is 0.268 e. The number of rotatable bonds is 32. The van der Waals surface area contributed by atoms with Gasteiger partial charge in [0.2, 0.25) is 5.91 Å². The maximum atomic E-state index is 12.7. The van der Waals surface area contributed by atoms with E-state index in [1.54, 1.807) is 0 Å². The molecule has 0 rings (SSSR count). The average Bonchev–Trinajstić information content (AvgIpc) is 2.97. The highest BCUT2D eigenvalue weighted by atomic mass is 31.2. The Balaban J connectivity index is 4.33. The quantitative estimate of drug-likeness (QED) is 0.0325. The van der Waals surface area contributed by atoms with Crippen molar-refractivity contribution in [3.63, 3.8) is 0 Å². The molecule has 0 aliphatic rings. The van der Waals surface area contributed by atoms with Gasteiger partial charge in [0.1, 0.15) is 13.2 Å². The van der Waals surface area contributed by atoms with Crippen LogP contribution < -0.4 is 10.2 Å². The Morgan fingerprint density at radius 2 is 1.29 bits per heavy atom. The van der Waals surface area contributed by atoms with Crippen LogP contribution in [-0.4, -0.2) is 68.5 Å². The van der Waals surface area contributed by atoms with Gasteiger partial charge in [-0.1, -0.05) is 122 Å². The number of carbonyl (C=O) groups is 1. The normalized spacial score (nSPS) is 15.1. The van der Waals surface area contributed by atoms with E-state index in [4.69, 9.17) is 9.05 Å². The summed E-state index contributed by atoms with van der Waals surface area (Å²) < 4.78 is 23.0. The summed E-state index contributed by atoms with van der Waals surface area (Å²) in [4.78, 5) is 25.0. The molecule has 0 spiro atoms. The van der Waals surface area contributed by atoms with Gasteiger partial charge in [0.05, 0.1) is 39.9 Å². The Labute approximate surface area is 277 Å². The van der Waals surface area contributed by atoms with E-state index in [0.717, 1.165) is 51.4 Å². The van der Waals surface area contributed by atoms with Crippen molar-refractivity contribution in [2.45, 2.75) is 161 Å². The number of amides is 1. The summed E-state index contributed by atoms with van der Waals surface area (Å²) in [7, 11) is 1.29. The molecule has 1 amide bonds. The molecule has 0 aromatic carbocycles. The van der Waals surface area contributed by atoms with Crippen LogP contribution in [0.4, 0.5) is 0 Å². The number of carbonyl (C=O) groups excluding carboxylic acids is 1. The van der Waals surface area contributed by atoms with Crippen molar-refractivity contribution in [3.05, 3.63) is 24.3 Å². The minimum absolute atomic E-state index is 0.00971. The fourth-order valence-electron chi connectivity index (χ4n) is 4.95. The van der Waals surface area contributed by atoms with E-state index < -0.39 is 20.0 Å². The summed E-state index contributed by atoms with van der Waals surface area (Å²) in [6.07, 6.45) is 30.6. The van der Waals surface area contributed by atoms with Crippen molar-refractivity contribution < 1.29 is 32.9 Å². The standard InChI is InChI=1S/C36H71N2O6P/c1-6-8-10-12-14-15-16-17-18-19-20-21-22-23-24-26-28-30-36(40)37-34(35(39)29-27-25-13-11-9-7-2)33-44-45(41,42)43-32-31-38(3,4)5/h14-15,17-18,34-35,39H,6-13,16,19-33H2,1-5H3,(H-,37,40,41,42)/b15-14-,18-17-. The first-order chi connectivity index (χ1) is 21.5. The van der Waals surface area contributed by atoms with Crippen LogP contribution in [0, 0.1) is 0 Å². The lowest BCUT2D eigenvalue weighted by molar-refractivity contribution is -0.870. The summed E-state index contributed by atoms with van der Waals surface area (Å²) in [5, 5.41) is 13.7. The third kappa shape index (κ3) is 31.4. The maximum Gasteiger partial charge on any atom is 0.268 e. The largest absolute Gasteiger partial charge is 0.756 e. The van der Waals surface area contributed by atoms with E-state index in [9.17, 15) is 19.4 Å². The molecule has 0 radical (unpaired) electrons. The SMILES string of the molecule is CCCCC/C=C\C/C=C\CCCCCCCCCC(=O)NC(COP(=O)([O-])OCC[N+](C)(C)C)C(O)CCCCCCCC. The molecule has 3 unspecified atom stereocenters. The summed E-state index contributed by atoms with van der Waals surface area (Å²) in [6.45, 7) is 4.59. The van der Waals surface area contributed by atoms with Crippen LogP contribution in [0.2, 0.25) is 0 Å². The van der Waals surface area contributed by atoms with Crippen LogP contribution in [-0.2, 0) is 18.4 Å². The average molecular weight is 659 g/mol. The predicted octanol–water partition coefficient (Wildman–Crippen LogP) is 8.38. The van der Waals surface area contributed by atoms with Crippen molar-refractivity contribution in [1.29, 1.82) is 0 Å². The van der Waals surface area contributed by atoms with Gasteiger partial charge in [-0.3, -0.25) is 9.36 Å². The lowest BCUT2D eigenvalue weighted by Gasteiger charge is -2.30. The number of allylic oxidation sites excluding steroid dienone is 4. The number of likely N-dealkylation sites (N-methyl/N-ethyl adjacent to an activating group) is 1. The molecule has 0 aliphatic carbocycles. The topological polar surface area (TPSA) is 108 Å². The zero-order chi connectivity index (χ0) is 33.7. The number of nitrogens with one attached hydrogen (secondary N) is 1. The maximum absolute atomic E-state index is 12.7. The zero-order valence-electron chi connectivity index (χ0n) is 29.8. The summed E-state index contributed by atoms with van der Waals surface area (Å²) >= 11 is 0. The lowest BCUT2D eigenvalue weighted by Crippen LogP contribution is -2.46. The predicted molar refractivity (Wildman–Crippen MR) is 187 cm³/mol. The third-order valence-corrected chi connectivity index (χ3v) is 8.91. The Bertz CT molecular complexity index is 799. The number of hydrogen-bond donors (Lipinski definition) is 2. The summed E-state index contributed by atoms with van der Waals surface area (Å²) in [5.41, 5.74) is 0. The molecule has 0 saturated heterocycles. The number of nitrogens with zero attached hydrogens (tertiary/aromatic N) is 1. The Morgan fingerprint density at radius 3 is 1.89 bits per heavy atom. The van der Waals surface area contributed by atoms with Crippen LogP contribution in [0.25, 0.3) is 0 Å². The number of aliphatic hydroxyl groups is 1. The fraction of sp³-hybridized carbons (Fsp3) is 0.861. The molecule has 0 bridgehead atoms. The van der Waals surface area contributed by atoms with Crippen molar-refractivity contribution in [2.75, 3.05) is 40.9 Å². The van der Waals surface area contributed by atoms with E-state index >= 15 is 0 Å². The van der Waals surface area contributed by atoms with Gasteiger partial charge in [-0.15, -0.1) is 0 Å². The first kappa shape index (κ1) is 44.0. The third-order valence-electron chi connectivity index (χ3n) is 7.94. The molecule has 45 heavy (non-hydrogen) atoms. The Kier molecular flexibility index (Phi) is 28.5. The van der Waals surface area contributed by atoms with Gasteiger partial charge >= 0.3 is 0 Å². The van der Waals surface area contributed by atoms with Crippen molar-refractivity contribution in [2.24, 2.45) is 0 Å². The van der Waals surface area contributed by atoms with Crippen molar-refractivity contribution in [1.82, 2.24) is 5.32 Å². The number of phosphoric ester groups is 1. The molecule has 0 aromatic heterocycles. The number of hydrogen-bond acceptors (Lipinski definition) is 6. The van der Waals surface area contributed by atoms with Crippen LogP contribution in [0.3, 0.4) is 0 Å². The molecule has 266 valence electrons. The van der Waals surface area contributed by atoms with Crippen molar-refractivity contribution >= 4 is 13.7 Å². The van der Waals surface area contributed by atoms with E-state index in [2.05, 4.69) is 43.5 Å². The first-order valence-corrected chi connectivity index (χ1v) is 19.6. The van der Waals surface area contributed by atoms with Gasteiger partial charge in [-0.25, -0.2) is 0 Å². The van der Waals surface area contributed by atoms with E-state index in [0.29, 0.717) is 23.9 Å². The molecule has 3 atom stereocenters. The molecule has 0 heterocycles. The zero-order valence-corrected chi connectivity index (χ0v) is 30.7. The highest BCUT2D eigenvalue weighted by Gasteiger charge is 2.24. The number of phosphoric acid groups is 1. The second-order valence-corrected chi connectivity index (χ2v) is 15.0. The van der Waals surface area contributed by atoms with Gasteiger partial charge in [0.15, 0.2) is 0 Å². The highest BCUT2D eigenvalue weighted by molar-refractivity contribution is 7.45. The molecule has 2 N–H and O–H groups in total. The van der Waals surface area contributed by atoms with Crippen LogP contribution >= 0.6 is 7.82 Å². The van der Waals surface area contributed by atoms with Crippen LogP contribution in [0.15, 0.2) is 24.3 Å². The van der Waals surface area contributed by atoms with Gasteiger partial charge in [-0.2, -0.15) is 0 Å². The van der Waals surface area contributed by atoms with E-state index in [-0.39, 0.29) is 19.1 Å². The monoisotopic (exact) mass is 659 g/mol. The van der Waals surface area contributed by atoms with Gasteiger partial charge in [-0.05, 0) is 44.9 Å². The minimum Gasteiger partial charge on any atom is -0.756 e. The summed E-state index contributed by atoms with van der Waals surface area (Å²) in [5.74, 6) is -0.181. The van der Waals surface area contributed by atoms with Crippen LogP contribution in [0.5, 0.6) is 0 Å². The minimum atomic E-state index is -4.54. The molecule has 0 saturated carbocycles. The fourth-order valence-corrected chi connectivity index (χ4v) is 5.67. The van der Waals surface area contributed by atoms with Crippen molar-refractivity contribution in [3.8, 4) is 0 Å². The number of aliphatic hydroxyl groups excluding tert-OH is 1. The number of quaternary nitrogens is 1. The summed E-state index contributed by atoms with van der Waals surface area (Å²) in [6, 6.07) is -0.798. The molecule has 9 heteroatoms.